The molecule has 0 rings (SSSR count). The smallest absolute Gasteiger partial charge is 0.489 e. The lowest BCUT2D eigenvalue weighted by Crippen LogP contribution is -2.13. The summed E-state index contributed by atoms with van der Waals surface area (Å²) in [5.74, 6) is -0.465. The van der Waals surface area contributed by atoms with E-state index in [-0.39, 0.29) is 13.2 Å². The van der Waals surface area contributed by atoms with Gasteiger partial charge in [0, 0.05) is 14.1 Å². The maximum Gasteiger partial charge on any atom is 0.528 e. The molecule has 0 fully saturated rings. The highest BCUT2D eigenvalue weighted by Crippen LogP contribution is 2.57. The normalized spacial score (nSPS) is 12.9. The molecule has 8 heteroatoms. The molecule has 0 unspecified atom stereocenters. The zero-order valence-electron chi connectivity index (χ0n) is 9.88. The van der Waals surface area contributed by atoms with Crippen LogP contribution in [0.3, 0.4) is 0 Å². The van der Waals surface area contributed by atoms with Crippen LogP contribution in [0.25, 0.3) is 4.98 Å². The Morgan fingerprint density at radius 2 is 1.81 bits per heavy atom. The van der Waals surface area contributed by atoms with E-state index in [4.69, 9.17) is 14.4 Å². The van der Waals surface area contributed by atoms with Crippen molar-refractivity contribution in [2.75, 3.05) is 27.3 Å². The van der Waals surface area contributed by atoms with Crippen LogP contribution in [0.4, 0.5) is 0 Å². The Bertz CT molecular complexity index is 338. The first-order valence-corrected chi connectivity index (χ1v) is 6.32. The summed E-state index contributed by atoms with van der Waals surface area (Å²) in [4.78, 5) is 4.03. The lowest BCUT2D eigenvalue weighted by molar-refractivity contribution is 0.218. The van der Waals surface area contributed by atoms with Crippen molar-refractivity contribution in [2.24, 2.45) is 0 Å². The summed E-state index contributed by atoms with van der Waals surface area (Å²) in [5, 5.41) is 18.4. The summed E-state index contributed by atoms with van der Waals surface area (Å²) in [6.45, 7) is 3.45. The number of rotatable bonds is 6. The Kier molecular flexibility index (Phi) is 6.04. The number of diazo groups is 1. The summed E-state index contributed by atoms with van der Waals surface area (Å²) >= 11 is 0. The Labute approximate surface area is 94.8 Å². The topological polar surface area (TPSA) is 87.1 Å². The van der Waals surface area contributed by atoms with Gasteiger partial charge >= 0.3 is 13.0 Å². The minimum Gasteiger partial charge on any atom is -0.489 e. The van der Waals surface area contributed by atoms with E-state index in [1.807, 2.05) is 0 Å². The lowest BCUT2D eigenvalue weighted by Gasteiger charge is -2.13. The van der Waals surface area contributed by atoms with Crippen LogP contribution in [0.2, 0.25) is 0 Å². The minimum absolute atomic E-state index is 0.108. The number of hydrogen-bond acceptors (Lipinski definition) is 6. The van der Waals surface area contributed by atoms with Gasteiger partial charge in [0.2, 0.25) is 5.39 Å². The van der Waals surface area contributed by atoms with Gasteiger partial charge < -0.3 is 19.1 Å². The highest BCUT2D eigenvalue weighted by Gasteiger charge is 2.46. The maximum atomic E-state index is 12.1. The third-order valence-electron chi connectivity index (χ3n) is 1.58. The van der Waals surface area contributed by atoms with Gasteiger partial charge in [-0.05, 0) is 13.8 Å². The SMILES string of the molecule is CCOP(=O)(OCC)/C([N+]#N)=C(/O)N(C)C. The predicted molar refractivity (Wildman–Crippen MR) is 59.3 cm³/mol. The van der Waals surface area contributed by atoms with Crippen LogP contribution in [0, 0.1) is 5.39 Å². The fourth-order valence-corrected chi connectivity index (χ4v) is 2.47. The molecule has 1 N–H and O–H groups in total. The van der Waals surface area contributed by atoms with E-state index in [0.717, 1.165) is 0 Å². The number of hydrogen-bond donors (Lipinski definition) is 1. The molecular weight excluding hydrogens is 233 g/mol. The third kappa shape index (κ3) is 3.49. The fourth-order valence-electron chi connectivity index (χ4n) is 0.921. The van der Waals surface area contributed by atoms with Gasteiger partial charge in [-0.3, -0.25) is 0 Å². The van der Waals surface area contributed by atoms with E-state index in [1.54, 1.807) is 13.8 Å². The highest BCUT2D eigenvalue weighted by molar-refractivity contribution is 7.58. The zero-order valence-corrected chi connectivity index (χ0v) is 10.8. The fraction of sp³-hybridized carbons (Fsp3) is 0.750. The van der Waals surface area contributed by atoms with Crippen LogP contribution in [0.5, 0.6) is 0 Å². The molecule has 0 aliphatic carbocycles. The van der Waals surface area contributed by atoms with Gasteiger partial charge in [0.05, 0.1) is 13.2 Å². The molecular formula is C8H17N3O4P+. The molecule has 0 aromatic rings. The highest BCUT2D eigenvalue weighted by atomic mass is 31.2. The summed E-state index contributed by atoms with van der Waals surface area (Å²) in [6.07, 6.45) is 0. The van der Waals surface area contributed by atoms with Gasteiger partial charge in [0.25, 0.3) is 5.88 Å². The van der Waals surface area contributed by atoms with Gasteiger partial charge in [-0.1, -0.05) is 0 Å². The minimum atomic E-state index is -3.77. The van der Waals surface area contributed by atoms with Crippen molar-refractivity contribution in [3.8, 4) is 0 Å². The van der Waals surface area contributed by atoms with Crippen LogP contribution >= 0.6 is 7.60 Å². The van der Waals surface area contributed by atoms with Gasteiger partial charge in [-0.2, -0.15) is 0 Å². The molecule has 0 saturated heterocycles. The Hall–Kier alpha value is -1.09. The first-order chi connectivity index (χ1) is 7.42. The molecule has 0 aromatic heterocycles. The second-order valence-corrected chi connectivity index (χ2v) is 4.91. The van der Waals surface area contributed by atoms with Gasteiger partial charge in [-0.25, -0.2) is 4.57 Å². The van der Waals surface area contributed by atoms with Crippen molar-refractivity contribution in [3.63, 3.8) is 0 Å². The van der Waals surface area contributed by atoms with Gasteiger partial charge in [0.15, 0.2) is 4.98 Å². The van der Waals surface area contributed by atoms with E-state index in [0.29, 0.717) is 0 Å². The van der Waals surface area contributed by atoms with Crippen LogP contribution in [0.1, 0.15) is 13.8 Å². The standard InChI is InChI=1S/C8H16N3O4P/c1-5-14-16(13,15-6-2)7(10-9)8(12)11(3)4/h5-6H2,1-4H3/p+1. The Balaban J connectivity index is 5.42. The van der Waals surface area contributed by atoms with Crippen molar-refractivity contribution in [3.05, 3.63) is 16.3 Å². The molecule has 0 atom stereocenters. The number of aliphatic hydroxyl groups is 1. The molecule has 0 bridgehead atoms. The maximum absolute atomic E-state index is 12.1. The molecule has 0 aliphatic rings. The van der Waals surface area contributed by atoms with Crippen molar-refractivity contribution < 1.29 is 18.7 Å². The van der Waals surface area contributed by atoms with Crippen molar-refractivity contribution in [2.45, 2.75) is 13.8 Å². The third-order valence-corrected chi connectivity index (χ3v) is 3.58. The number of nitrogens with zero attached hydrogens (tertiary/aromatic N) is 3. The predicted octanol–water partition coefficient (Wildman–Crippen LogP) is 2.35. The van der Waals surface area contributed by atoms with Crippen LogP contribution in [-0.2, 0) is 13.6 Å². The summed E-state index contributed by atoms with van der Waals surface area (Å²) in [6, 6.07) is 0. The quantitative estimate of drug-likeness (QED) is 0.442. The Morgan fingerprint density at radius 1 is 1.38 bits per heavy atom. The van der Waals surface area contributed by atoms with E-state index in [9.17, 15) is 9.67 Å². The largest absolute Gasteiger partial charge is 0.528 e. The van der Waals surface area contributed by atoms with E-state index in [1.165, 1.54) is 19.0 Å². The molecule has 0 radical (unpaired) electrons. The average molecular weight is 250 g/mol. The van der Waals surface area contributed by atoms with Crippen LogP contribution < -0.4 is 0 Å². The number of aliphatic hydroxyl groups excluding tert-OH is 1. The van der Waals surface area contributed by atoms with Crippen molar-refractivity contribution in [1.29, 1.82) is 5.39 Å². The van der Waals surface area contributed by atoms with E-state index in [2.05, 4.69) is 4.98 Å². The molecule has 16 heavy (non-hydrogen) atoms. The molecule has 0 saturated carbocycles. The van der Waals surface area contributed by atoms with Crippen LogP contribution in [-0.4, -0.2) is 37.3 Å². The lowest BCUT2D eigenvalue weighted by atomic mass is 10.7. The van der Waals surface area contributed by atoms with E-state index < -0.39 is 18.9 Å². The molecule has 92 valence electrons. The summed E-state index contributed by atoms with van der Waals surface area (Å²) in [7, 11) is -0.763. The molecule has 7 nitrogen and oxygen atoms in total. The molecule has 0 heterocycles. The van der Waals surface area contributed by atoms with Gasteiger partial charge in [-0.15, -0.1) is 0 Å². The second kappa shape index (κ2) is 6.48. The first kappa shape index (κ1) is 14.9. The monoisotopic (exact) mass is 250 g/mol. The average Bonchev–Trinajstić information content (AvgIpc) is 2.18. The first-order valence-electron chi connectivity index (χ1n) is 4.78. The molecule has 0 aromatic carbocycles. The van der Waals surface area contributed by atoms with Gasteiger partial charge in [0.1, 0.15) is 0 Å². The molecule has 0 amide bonds. The molecule has 0 spiro atoms. The van der Waals surface area contributed by atoms with E-state index >= 15 is 0 Å². The Morgan fingerprint density at radius 3 is 2.06 bits per heavy atom. The summed E-state index contributed by atoms with van der Waals surface area (Å²) < 4.78 is 22.0. The summed E-state index contributed by atoms with van der Waals surface area (Å²) in [5.41, 5.74) is -0.499. The van der Waals surface area contributed by atoms with Crippen LogP contribution in [0.15, 0.2) is 11.3 Å². The van der Waals surface area contributed by atoms with Crippen molar-refractivity contribution >= 4 is 7.60 Å². The van der Waals surface area contributed by atoms with Crippen molar-refractivity contribution in [1.82, 2.24) is 4.90 Å². The molecule has 0 aliphatic heterocycles. The second-order valence-electron chi connectivity index (χ2n) is 2.97. The zero-order chi connectivity index (χ0) is 12.8.